The van der Waals surface area contributed by atoms with Crippen molar-refractivity contribution in [1.29, 1.82) is 0 Å². The van der Waals surface area contributed by atoms with E-state index in [1.54, 1.807) is 7.11 Å². The number of fused-ring (bicyclic) bond motifs is 1. The van der Waals surface area contributed by atoms with E-state index >= 15 is 0 Å². The Hall–Kier alpha value is -3.16. The number of benzene rings is 3. The van der Waals surface area contributed by atoms with E-state index in [9.17, 15) is 4.79 Å². The fourth-order valence-corrected chi connectivity index (χ4v) is 4.19. The average molecular weight is 449 g/mol. The van der Waals surface area contributed by atoms with Crippen LogP contribution >= 0.6 is 12.2 Å². The summed E-state index contributed by atoms with van der Waals surface area (Å²) < 4.78 is 5.43. The van der Waals surface area contributed by atoms with Gasteiger partial charge in [-0.25, -0.2) is 0 Å². The van der Waals surface area contributed by atoms with E-state index in [0.29, 0.717) is 11.3 Å². The normalized spacial score (nSPS) is 14.2. The molecule has 0 bridgehead atoms. The third-order valence-electron chi connectivity index (χ3n) is 5.85. The van der Waals surface area contributed by atoms with Gasteiger partial charge >= 0.3 is 0 Å². The third-order valence-corrected chi connectivity index (χ3v) is 6.05. The Morgan fingerprint density at radius 2 is 1.66 bits per heavy atom. The number of rotatable bonds is 5. The summed E-state index contributed by atoms with van der Waals surface area (Å²) in [5.74, 6) is 0.201. The van der Waals surface area contributed by atoms with Crippen LogP contribution in [-0.4, -0.2) is 55.8 Å². The van der Waals surface area contributed by atoms with Crippen molar-refractivity contribution in [2.24, 2.45) is 0 Å². The van der Waals surface area contributed by atoms with E-state index in [-0.39, 0.29) is 11.0 Å². The highest BCUT2D eigenvalue weighted by Crippen LogP contribution is 2.26. The molecule has 0 aliphatic carbocycles. The monoisotopic (exact) mass is 448 g/mol. The van der Waals surface area contributed by atoms with Crippen molar-refractivity contribution in [2.75, 3.05) is 50.1 Å². The third kappa shape index (κ3) is 5.00. The van der Waals surface area contributed by atoms with Gasteiger partial charge in [-0.05, 0) is 65.9 Å². The molecule has 0 atom stereocenters. The van der Waals surface area contributed by atoms with Gasteiger partial charge in [-0.3, -0.25) is 10.1 Å². The van der Waals surface area contributed by atoms with E-state index in [1.165, 1.54) is 5.69 Å². The maximum atomic E-state index is 12.9. The number of carbonyl (C=O) groups is 1. The second-order valence-corrected chi connectivity index (χ2v) is 8.18. The molecule has 3 aromatic carbocycles. The molecule has 1 aliphatic rings. The summed E-state index contributed by atoms with van der Waals surface area (Å²) in [6, 6.07) is 19.7. The van der Waals surface area contributed by atoms with Gasteiger partial charge in [0.1, 0.15) is 5.75 Å². The van der Waals surface area contributed by atoms with E-state index in [0.717, 1.165) is 49.2 Å². The molecule has 1 fully saturated rings. The molecule has 166 valence electrons. The summed E-state index contributed by atoms with van der Waals surface area (Å²) in [6.45, 7) is 7.54. The van der Waals surface area contributed by atoms with E-state index in [2.05, 4.69) is 39.5 Å². The van der Waals surface area contributed by atoms with E-state index in [1.807, 2.05) is 48.5 Å². The number of methoxy groups -OCH3 is 1. The molecule has 0 spiro atoms. The number of hydrogen-bond acceptors (Lipinski definition) is 5. The highest BCUT2D eigenvalue weighted by Gasteiger charge is 2.17. The molecule has 4 rings (SSSR count). The van der Waals surface area contributed by atoms with Gasteiger partial charge in [-0.1, -0.05) is 31.2 Å². The molecule has 0 unspecified atom stereocenters. The fraction of sp³-hybridized carbons (Fsp3) is 0.280. The summed E-state index contributed by atoms with van der Waals surface area (Å²) in [5, 5.41) is 8.08. The van der Waals surface area contributed by atoms with Crippen molar-refractivity contribution >= 4 is 45.4 Å². The van der Waals surface area contributed by atoms with Crippen molar-refractivity contribution in [2.45, 2.75) is 6.92 Å². The number of nitrogens with one attached hydrogen (secondary N) is 2. The minimum atomic E-state index is -0.310. The van der Waals surface area contributed by atoms with Gasteiger partial charge < -0.3 is 19.9 Å². The lowest BCUT2D eigenvalue weighted by atomic mass is 10.1. The zero-order valence-electron chi connectivity index (χ0n) is 18.4. The van der Waals surface area contributed by atoms with Crippen LogP contribution in [0.15, 0.2) is 60.7 Å². The van der Waals surface area contributed by atoms with Crippen LogP contribution < -0.4 is 20.3 Å². The van der Waals surface area contributed by atoms with Gasteiger partial charge in [-0.2, -0.15) is 0 Å². The number of nitrogens with zero attached hydrogens (tertiary/aromatic N) is 2. The number of likely N-dealkylation sites (N-methyl/N-ethyl adjacent to an activating group) is 1. The minimum Gasteiger partial charge on any atom is -0.496 e. The molecule has 1 heterocycles. The highest BCUT2D eigenvalue weighted by atomic mass is 32.1. The lowest BCUT2D eigenvalue weighted by Crippen LogP contribution is -2.46. The summed E-state index contributed by atoms with van der Waals surface area (Å²) in [7, 11) is 1.56. The molecular weight excluding hydrogens is 420 g/mol. The summed E-state index contributed by atoms with van der Waals surface area (Å²) in [6.07, 6.45) is 0. The van der Waals surface area contributed by atoms with Crippen LogP contribution in [0.3, 0.4) is 0 Å². The summed E-state index contributed by atoms with van der Waals surface area (Å²) in [5.41, 5.74) is 2.47. The number of carbonyl (C=O) groups excluding carboxylic acids is 1. The van der Waals surface area contributed by atoms with E-state index in [4.69, 9.17) is 17.0 Å². The van der Waals surface area contributed by atoms with E-state index < -0.39 is 0 Å². The zero-order valence-corrected chi connectivity index (χ0v) is 19.2. The lowest BCUT2D eigenvalue weighted by molar-refractivity contribution is 0.0975. The van der Waals surface area contributed by atoms with Crippen LogP contribution in [0.5, 0.6) is 5.75 Å². The number of amides is 1. The molecule has 0 saturated carbocycles. The number of thiocarbonyl (C=S) groups is 1. The molecule has 6 nitrogen and oxygen atoms in total. The molecule has 0 radical (unpaired) electrons. The molecule has 1 amide bonds. The van der Waals surface area contributed by atoms with Crippen molar-refractivity contribution < 1.29 is 9.53 Å². The van der Waals surface area contributed by atoms with Gasteiger partial charge in [-0.15, -0.1) is 0 Å². The SMILES string of the molecule is CCN1CCN(c2ccc(NC(=S)NC(=O)c3cc4ccccc4cc3OC)cc2)CC1. The fourth-order valence-electron chi connectivity index (χ4n) is 3.98. The standard InChI is InChI=1S/C25H28N4O2S/c1-3-28-12-14-29(15-13-28)21-10-8-20(9-11-21)26-25(32)27-24(30)22-16-18-6-4-5-7-19(18)17-23(22)31-2/h4-11,16-17H,3,12-15H2,1-2H3,(H2,26,27,30,32). The van der Waals surface area contributed by atoms with Crippen molar-refractivity contribution in [3.63, 3.8) is 0 Å². The van der Waals surface area contributed by atoms with Crippen LogP contribution in [0.25, 0.3) is 10.8 Å². The summed E-state index contributed by atoms with van der Waals surface area (Å²) >= 11 is 5.37. The number of hydrogen-bond donors (Lipinski definition) is 2. The van der Waals surface area contributed by atoms with Gasteiger partial charge in [0.15, 0.2) is 5.11 Å². The maximum absolute atomic E-state index is 12.9. The predicted octanol–water partition coefficient (Wildman–Crippen LogP) is 4.12. The van der Waals surface area contributed by atoms with Crippen molar-refractivity contribution in [1.82, 2.24) is 10.2 Å². The van der Waals surface area contributed by atoms with Gasteiger partial charge in [0.05, 0.1) is 12.7 Å². The molecule has 7 heteroatoms. The average Bonchev–Trinajstić information content (AvgIpc) is 2.83. The second kappa shape index (κ2) is 9.97. The van der Waals surface area contributed by atoms with Crippen LogP contribution in [0.4, 0.5) is 11.4 Å². The Morgan fingerprint density at radius 1 is 1.00 bits per heavy atom. The number of piperazine rings is 1. The van der Waals surface area contributed by atoms with Crippen LogP contribution in [0, 0.1) is 0 Å². The molecule has 32 heavy (non-hydrogen) atoms. The quantitative estimate of drug-likeness (QED) is 0.573. The van der Waals surface area contributed by atoms with Crippen molar-refractivity contribution in [3.05, 3.63) is 66.2 Å². The first kappa shape index (κ1) is 22.0. The minimum absolute atomic E-state index is 0.245. The van der Waals surface area contributed by atoms with Gasteiger partial charge in [0, 0.05) is 37.6 Å². The summed E-state index contributed by atoms with van der Waals surface area (Å²) in [4.78, 5) is 17.7. The van der Waals surface area contributed by atoms with Crippen LogP contribution in [0.1, 0.15) is 17.3 Å². The Labute approximate surface area is 194 Å². The molecule has 1 aliphatic heterocycles. The Kier molecular flexibility index (Phi) is 6.87. The molecule has 2 N–H and O–H groups in total. The highest BCUT2D eigenvalue weighted by molar-refractivity contribution is 7.80. The van der Waals surface area contributed by atoms with Gasteiger partial charge in [0.2, 0.25) is 0 Å². The first-order chi connectivity index (χ1) is 15.6. The maximum Gasteiger partial charge on any atom is 0.261 e. The largest absolute Gasteiger partial charge is 0.496 e. The first-order valence-corrected chi connectivity index (χ1v) is 11.2. The molecule has 0 aromatic heterocycles. The first-order valence-electron chi connectivity index (χ1n) is 10.8. The predicted molar refractivity (Wildman–Crippen MR) is 135 cm³/mol. The Bertz CT molecular complexity index is 1110. The Morgan fingerprint density at radius 3 is 2.28 bits per heavy atom. The molecule has 3 aromatic rings. The van der Waals surface area contributed by atoms with Crippen molar-refractivity contribution in [3.8, 4) is 5.75 Å². The lowest BCUT2D eigenvalue weighted by Gasteiger charge is -2.35. The topological polar surface area (TPSA) is 56.8 Å². The molecular formula is C25H28N4O2S. The van der Waals surface area contributed by atoms with Crippen LogP contribution in [0.2, 0.25) is 0 Å². The smallest absolute Gasteiger partial charge is 0.261 e. The Balaban J connectivity index is 1.38. The zero-order chi connectivity index (χ0) is 22.5. The number of anilines is 2. The van der Waals surface area contributed by atoms with Gasteiger partial charge in [0.25, 0.3) is 5.91 Å². The second-order valence-electron chi connectivity index (χ2n) is 7.78. The molecule has 1 saturated heterocycles. The number of ether oxygens (including phenoxy) is 1. The van der Waals surface area contributed by atoms with Crippen LogP contribution in [-0.2, 0) is 0 Å².